The predicted octanol–water partition coefficient (Wildman–Crippen LogP) is 2.96. The molecule has 156 valence electrons. The van der Waals surface area contributed by atoms with Crippen molar-refractivity contribution in [1.29, 1.82) is 0 Å². The molecule has 0 bridgehead atoms. The molecule has 2 aromatic carbocycles. The van der Waals surface area contributed by atoms with Gasteiger partial charge in [0, 0.05) is 17.7 Å². The molecule has 0 aliphatic heterocycles. The SMILES string of the molecule is COc1cc(NC(=O)CN(c2cccc(C(C)=O)c2)S(C)(=O)=O)c(OC)cc1Cl. The van der Waals surface area contributed by atoms with Crippen LogP contribution in [0.1, 0.15) is 17.3 Å². The van der Waals surface area contributed by atoms with Crippen LogP contribution >= 0.6 is 11.6 Å². The van der Waals surface area contributed by atoms with Gasteiger partial charge in [-0.1, -0.05) is 23.7 Å². The first-order valence-corrected chi connectivity index (χ1v) is 10.6. The van der Waals surface area contributed by atoms with Gasteiger partial charge < -0.3 is 14.8 Å². The van der Waals surface area contributed by atoms with Crippen molar-refractivity contribution in [3.8, 4) is 11.5 Å². The largest absolute Gasteiger partial charge is 0.495 e. The van der Waals surface area contributed by atoms with Crippen LogP contribution in [0.25, 0.3) is 0 Å². The summed E-state index contributed by atoms with van der Waals surface area (Å²) in [6, 6.07) is 8.99. The summed E-state index contributed by atoms with van der Waals surface area (Å²) in [4.78, 5) is 24.2. The molecule has 0 spiro atoms. The molecule has 2 aromatic rings. The summed E-state index contributed by atoms with van der Waals surface area (Å²) in [6.07, 6.45) is 0.979. The number of carbonyl (C=O) groups is 2. The number of carbonyl (C=O) groups excluding carboxylic acids is 2. The third-order valence-electron chi connectivity index (χ3n) is 3.98. The van der Waals surface area contributed by atoms with Gasteiger partial charge in [-0.2, -0.15) is 0 Å². The molecular weight excluding hydrogens is 420 g/mol. The molecule has 0 aromatic heterocycles. The molecule has 0 radical (unpaired) electrons. The van der Waals surface area contributed by atoms with Crippen molar-refractivity contribution >= 4 is 44.7 Å². The van der Waals surface area contributed by atoms with Crippen LogP contribution < -0.4 is 19.1 Å². The summed E-state index contributed by atoms with van der Waals surface area (Å²) in [5.41, 5.74) is 0.807. The van der Waals surface area contributed by atoms with Gasteiger partial charge in [-0.25, -0.2) is 8.42 Å². The number of amides is 1. The van der Waals surface area contributed by atoms with Crippen LogP contribution in [0.5, 0.6) is 11.5 Å². The average molecular weight is 441 g/mol. The highest BCUT2D eigenvalue weighted by molar-refractivity contribution is 7.92. The molecule has 0 heterocycles. The fraction of sp³-hybridized carbons (Fsp3) is 0.263. The van der Waals surface area contributed by atoms with Gasteiger partial charge in [-0.05, 0) is 19.1 Å². The van der Waals surface area contributed by atoms with Crippen LogP contribution in [0, 0.1) is 0 Å². The normalized spacial score (nSPS) is 10.9. The molecular formula is C19H21ClN2O6S. The van der Waals surface area contributed by atoms with E-state index in [1.54, 1.807) is 12.1 Å². The molecule has 0 aliphatic rings. The number of nitrogens with zero attached hydrogens (tertiary/aromatic N) is 1. The van der Waals surface area contributed by atoms with Crippen molar-refractivity contribution in [1.82, 2.24) is 0 Å². The summed E-state index contributed by atoms with van der Waals surface area (Å²) >= 11 is 6.05. The number of sulfonamides is 1. The molecule has 1 amide bonds. The van der Waals surface area contributed by atoms with Crippen molar-refractivity contribution in [3.63, 3.8) is 0 Å². The minimum absolute atomic E-state index is 0.205. The summed E-state index contributed by atoms with van der Waals surface area (Å²) in [5, 5.41) is 2.89. The van der Waals surface area contributed by atoms with E-state index in [-0.39, 0.29) is 22.9 Å². The number of ether oxygens (including phenoxy) is 2. The van der Waals surface area contributed by atoms with E-state index < -0.39 is 22.5 Å². The summed E-state index contributed by atoms with van der Waals surface area (Å²) in [7, 11) is -0.969. The monoisotopic (exact) mass is 440 g/mol. The van der Waals surface area contributed by atoms with Gasteiger partial charge in [0.1, 0.15) is 18.0 Å². The van der Waals surface area contributed by atoms with Gasteiger partial charge in [0.15, 0.2) is 5.78 Å². The van der Waals surface area contributed by atoms with Gasteiger partial charge in [-0.15, -0.1) is 0 Å². The fourth-order valence-corrected chi connectivity index (χ4v) is 3.64. The standard InChI is InChI=1S/C19H21ClN2O6S/c1-12(23)13-6-5-7-14(8-13)22(29(4,25)26)11-19(24)21-16-10-17(27-2)15(20)9-18(16)28-3/h5-10H,11H2,1-4H3,(H,21,24). The number of halogens is 1. The highest BCUT2D eigenvalue weighted by Gasteiger charge is 2.22. The smallest absolute Gasteiger partial charge is 0.245 e. The lowest BCUT2D eigenvalue weighted by Crippen LogP contribution is -2.37. The Balaban J connectivity index is 2.33. The quantitative estimate of drug-likeness (QED) is 0.633. The predicted molar refractivity (Wildman–Crippen MR) is 112 cm³/mol. The second-order valence-corrected chi connectivity index (χ2v) is 8.43. The number of ketones is 1. The zero-order valence-corrected chi connectivity index (χ0v) is 17.9. The van der Waals surface area contributed by atoms with Gasteiger partial charge in [0.05, 0.1) is 36.9 Å². The van der Waals surface area contributed by atoms with Crippen LogP contribution in [0.2, 0.25) is 5.02 Å². The minimum Gasteiger partial charge on any atom is -0.495 e. The summed E-state index contributed by atoms with van der Waals surface area (Å²) < 4.78 is 35.8. The van der Waals surface area contributed by atoms with Gasteiger partial charge >= 0.3 is 0 Å². The van der Waals surface area contributed by atoms with E-state index in [0.29, 0.717) is 16.3 Å². The van der Waals surface area contributed by atoms with E-state index in [1.165, 1.54) is 45.4 Å². The van der Waals surface area contributed by atoms with E-state index >= 15 is 0 Å². The highest BCUT2D eigenvalue weighted by atomic mass is 35.5. The Morgan fingerprint density at radius 3 is 2.31 bits per heavy atom. The fourth-order valence-electron chi connectivity index (χ4n) is 2.56. The van der Waals surface area contributed by atoms with Crippen molar-refractivity contribution in [2.45, 2.75) is 6.92 Å². The highest BCUT2D eigenvalue weighted by Crippen LogP contribution is 2.35. The number of methoxy groups -OCH3 is 2. The molecule has 0 aliphatic carbocycles. The molecule has 10 heteroatoms. The average Bonchev–Trinajstić information content (AvgIpc) is 2.66. The molecule has 1 N–H and O–H groups in total. The lowest BCUT2D eigenvalue weighted by atomic mass is 10.1. The number of hydrogen-bond acceptors (Lipinski definition) is 6. The molecule has 0 atom stereocenters. The second-order valence-electron chi connectivity index (χ2n) is 6.11. The third-order valence-corrected chi connectivity index (χ3v) is 5.41. The molecule has 29 heavy (non-hydrogen) atoms. The zero-order valence-electron chi connectivity index (χ0n) is 16.4. The van der Waals surface area contributed by atoms with Crippen LogP contribution in [-0.4, -0.2) is 47.1 Å². The first-order valence-electron chi connectivity index (χ1n) is 8.37. The topological polar surface area (TPSA) is 102 Å². The van der Waals surface area contributed by atoms with Crippen molar-refractivity contribution in [2.75, 3.05) is 36.6 Å². The molecule has 0 saturated carbocycles. The van der Waals surface area contributed by atoms with E-state index in [0.717, 1.165) is 10.6 Å². The van der Waals surface area contributed by atoms with Crippen LogP contribution in [0.4, 0.5) is 11.4 Å². The third kappa shape index (κ3) is 5.61. The van der Waals surface area contributed by atoms with E-state index in [9.17, 15) is 18.0 Å². The Kier molecular flexibility index (Phi) is 7.10. The number of nitrogens with one attached hydrogen (secondary N) is 1. The van der Waals surface area contributed by atoms with Crippen molar-refractivity contribution in [2.24, 2.45) is 0 Å². The minimum atomic E-state index is -3.80. The lowest BCUT2D eigenvalue weighted by molar-refractivity contribution is -0.114. The van der Waals surface area contributed by atoms with Crippen molar-refractivity contribution in [3.05, 3.63) is 47.0 Å². The molecule has 0 unspecified atom stereocenters. The molecule has 8 nitrogen and oxygen atoms in total. The van der Waals surface area contributed by atoms with Gasteiger partial charge in [-0.3, -0.25) is 13.9 Å². The Morgan fingerprint density at radius 1 is 1.10 bits per heavy atom. The number of anilines is 2. The molecule has 2 rings (SSSR count). The lowest BCUT2D eigenvalue weighted by Gasteiger charge is -2.22. The van der Waals surface area contributed by atoms with Crippen LogP contribution in [0.15, 0.2) is 36.4 Å². The number of hydrogen-bond donors (Lipinski definition) is 1. The maximum Gasteiger partial charge on any atom is 0.245 e. The van der Waals surface area contributed by atoms with Gasteiger partial charge in [0.2, 0.25) is 15.9 Å². The number of Topliss-reactive ketones (excluding diaryl/α,β-unsaturated/α-hetero) is 1. The Labute approximate surface area is 174 Å². The van der Waals surface area contributed by atoms with E-state index in [4.69, 9.17) is 21.1 Å². The maximum absolute atomic E-state index is 12.6. The first kappa shape index (κ1) is 22.5. The van der Waals surface area contributed by atoms with Crippen molar-refractivity contribution < 1.29 is 27.5 Å². The summed E-state index contributed by atoms with van der Waals surface area (Å²) in [5.74, 6) is -0.236. The molecule has 0 saturated heterocycles. The number of benzene rings is 2. The second kappa shape index (κ2) is 9.15. The van der Waals surface area contributed by atoms with Crippen LogP contribution in [0.3, 0.4) is 0 Å². The van der Waals surface area contributed by atoms with E-state index in [1.807, 2.05) is 0 Å². The molecule has 0 fully saturated rings. The Morgan fingerprint density at radius 2 is 1.76 bits per heavy atom. The zero-order chi connectivity index (χ0) is 21.8. The maximum atomic E-state index is 12.6. The Hall–Kier alpha value is -2.78. The van der Waals surface area contributed by atoms with Crippen LogP contribution in [-0.2, 0) is 14.8 Å². The first-order chi connectivity index (χ1) is 13.6. The van der Waals surface area contributed by atoms with E-state index in [2.05, 4.69) is 5.32 Å². The summed E-state index contributed by atoms with van der Waals surface area (Å²) in [6.45, 7) is 0.866. The Bertz CT molecular complexity index is 1040. The number of rotatable bonds is 8. The van der Waals surface area contributed by atoms with Gasteiger partial charge in [0.25, 0.3) is 0 Å².